The zero-order chi connectivity index (χ0) is 13.8. The summed E-state index contributed by atoms with van der Waals surface area (Å²) in [6.07, 6.45) is 7.58. The van der Waals surface area contributed by atoms with Crippen molar-refractivity contribution in [3.8, 4) is 18.1 Å². The highest BCUT2D eigenvalue weighted by Gasteiger charge is 2.25. The van der Waals surface area contributed by atoms with Crippen molar-refractivity contribution >= 4 is 17.4 Å². The summed E-state index contributed by atoms with van der Waals surface area (Å²) in [5.74, 6) is 3.48. The van der Waals surface area contributed by atoms with Crippen LogP contribution in [0.1, 0.15) is 23.6 Å². The minimum absolute atomic E-state index is 0. The number of quaternary nitrogens is 1. The average molecular weight is 311 g/mol. The van der Waals surface area contributed by atoms with E-state index in [0.717, 1.165) is 18.6 Å². The molecule has 0 saturated heterocycles. The summed E-state index contributed by atoms with van der Waals surface area (Å²) < 4.78 is 5.66. The van der Waals surface area contributed by atoms with Gasteiger partial charge in [-0.3, -0.25) is 0 Å². The van der Waals surface area contributed by atoms with Crippen LogP contribution in [-0.4, -0.2) is 30.7 Å². The van der Waals surface area contributed by atoms with Crippen LogP contribution in [0, 0.1) is 12.3 Å². The second kappa shape index (κ2) is 7.49. The number of terminal acetylenes is 1. The van der Waals surface area contributed by atoms with Gasteiger partial charge in [0.05, 0.1) is 0 Å². The van der Waals surface area contributed by atoms with Gasteiger partial charge in [-0.25, -0.2) is 0 Å². The molecule has 5 heteroatoms. The fourth-order valence-electron chi connectivity index (χ4n) is 2.32. The van der Waals surface area contributed by atoms with Gasteiger partial charge in [0.2, 0.25) is 0 Å². The summed E-state index contributed by atoms with van der Waals surface area (Å²) >= 11 is 5.16. The monoisotopic (exact) mass is 310 g/mol. The number of hydrogen-bond donors (Lipinski definition) is 1. The molecule has 1 unspecified atom stereocenters. The van der Waals surface area contributed by atoms with E-state index in [-0.39, 0.29) is 12.4 Å². The molecule has 0 heterocycles. The first kappa shape index (κ1) is 16.8. The lowest BCUT2D eigenvalue weighted by molar-refractivity contribution is -0.685. The molecule has 108 valence electrons. The van der Waals surface area contributed by atoms with Gasteiger partial charge >= 0.3 is 0 Å². The van der Waals surface area contributed by atoms with Crippen molar-refractivity contribution in [3.63, 3.8) is 0 Å². The molecule has 1 atom stereocenters. The van der Waals surface area contributed by atoms with Crippen molar-refractivity contribution in [1.82, 2.24) is 4.90 Å². The van der Waals surface area contributed by atoms with Gasteiger partial charge in [0.15, 0.2) is 0 Å². The molecule has 1 aromatic carbocycles. The molecule has 0 amide bonds. The van der Waals surface area contributed by atoms with Crippen molar-refractivity contribution in [1.29, 1.82) is 0 Å². The van der Waals surface area contributed by atoms with Gasteiger partial charge in [0.1, 0.15) is 18.3 Å². The molecular formula is C15H19ClN2OS. The Kier molecular flexibility index (Phi) is 6.28. The van der Waals surface area contributed by atoms with E-state index in [4.69, 9.17) is 23.4 Å². The predicted molar refractivity (Wildman–Crippen MR) is 80.0 cm³/mol. The summed E-state index contributed by atoms with van der Waals surface area (Å²) in [7, 11) is 3.75. The quantitative estimate of drug-likeness (QED) is 0.522. The maximum Gasteiger partial charge on any atom is 0.264 e. The Morgan fingerprint density at radius 2 is 2.30 bits per heavy atom. The average Bonchev–Trinajstić information content (AvgIpc) is 2.78. The minimum atomic E-state index is 0. The molecule has 0 fully saturated rings. The van der Waals surface area contributed by atoms with E-state index in [2.05, 4.69) is 23.4 Å². The van der Waals surface area contributed by atoms with Crippen LogP contribution in [-0.2, 0) is 6.42 Å². The van der Waals surface area contributed by atoms with Crippen LogP contribution in [0.5, 0.6) is 5.75 Å². The molecule has 0 bridgehead atoms. The topological polar surface area (TPSA) is 29.1 Å². The molecule has 20 heavy (non-hydrogen) atoms. The number of ether oxygens (including phenoxy) is 1. The van der Waals surface area contributed by atoms with E-state index in [1.165, 1.54) is 11.1 Å². The summed E-state index contributed by atoms with van der Waals surface area (Å²) in [5.41, 5.74) is 2.72. The van der Waals surface area contributed by atoms with Gasteiger partial charge in [-0.15, -0.1) is 6.42 Å². The Hall–Kier alpha value is -1.28. The number of thiocarbonyl (C=S) groups is 1. The molecule has 0 spiro atoms. The van der Waals surface area contributed by atoms with Crippen LogP contribution in [0.4, 0.5) is 0 Å². The number of fused-ring (bicyclic) bond motifs is 1. The molecule has 0 saturated carbocycles. The molecular weight excluding hydrogens is 292 g/mol. The Morgan fingerprint density at radius 3 is 2.95 bits per heavy atom. The molecule has 0 aromatic heterocycles. The molecule has 1 aliphatic carbocycles. The molecule has 3 nitrogen and oxygen atoms in total. The number of hydrogen-bond acceptors (Lipinski definition) is 2. The Labute approximate surface area is 132 Å². The number of benzene rings is 1. The van der Waals surface area contributed by atoms with E-state index < -0.39 is 0 Å². The summed E-state index contributed by atoms with van der Waals surface area (Å²) in [4.78, 5) is 1.78. The zero-order valence-electron chi connectivity index (χ0n) is 11.7. The molecule has 1 aliphatic rings. The SMILES string of the molecule is C#CC[NH2+]C1CCc2ccc(OC(=S)N(C)C)cc21.[Cl-]. The van der Waals surface area contributed by atoms with E-state index in [9.17, 15) is 0 Å². The Morgan fingerprint density at radius 1 is 1.55 bits per heavy atom. The van der Waals surface area contributed by atoms with Gasteiger partial charge in [0, 0.05) is 26.1 Å². The van der Waals surface area contributed by atoms with E-state index >= 15 is 0 Å². The number of halogens is 1. The highest BCUT2D eigenvalue weighted by molar-refractivity contribution is 7.80. The molecule has 0 aliphatic heterocycles. The Bertz CT molecular complexity index is 525. The zero-order valence-corrected chi connectivity index (χ0v) is 13.3. The van der Waals surface area contributed by atoms with Gasteiger partial charge in [-0.1, -0.05) is 6.07 Å². The van der Waals surface area contributed by atoms with Crippen LogP contribution < -0.4 is 22.5 Å². The predicted octanol–water partition coefficient (Wildman–Crippen LogP) is -1.90. The summed E-state index contributed by atoms with van der Waals surface area (Å²) in [5, 5.41) is 2.68. The minimum Gasteiger partial charge on any atom is -1.00 e. The summed E-state index contributed by atoms with van der Waals surface area (Å²) in [6.45, 7) is 0.714. The smallest absolute Gasteiger partial charge is 0.264 e. The van der Waals surface area contributed by atoms with Crippen molar-refractivity contribution in [2.45, 2.75) is 18.9 Å². The third kappa shape index (κ3) is 3.86. The lowest BCUT2D eigenvalue weighted by atomic mass is 10.1. The van der Waals surface area contributed by atoms with Crippen molar-refractivity contribution in [2.75, 3.05) is 20.6 Å². The first-order valence-corrected chi connectivity index (χ1v) is 6.81. The van der Waals surface area contributed by atoms with E-state index in [0.29, 0.717) is 17.8 Å². The maximum absolute atomic E-state index is 5.66. The largest absolute Gasteiger partial charge is 1.00 e. The second-order valence-corrected chi connectivity index (χ2v) is 5.26. The molecule has 2 rings (SSSR count). The van der Waals surface area contributed by atoms with Gasteiger partial charge in [0.25, 0.3) is 5.17 Å². The van der Waals surface area contributed by atoms with Crippen LogP contribution in [0.15, 0.2) is 18.2 Å². The molecule has 0 radical (unpaired) electrons. The number of nitrogens with zero attached hydrogens (tertiary/aromatic N) is 1. The highest BCUT2D eigenvalue weighted by Crippen LogP contribution is 2.31. The van der Waals surface area contributed by atoms with Crippen LogP contribution in [0.3, 0.4) is 0 Å². The standard InChI is InChI=1S/C15H18N2OS.ClH/c1-4-9-16-14-8-6-11-5-7-12(10-13(11)14)18-15(19)17(2)3;/h1,5,7,10,14,16H,6,8-9H2,2-3H3;1H. The lowest BCUT2D eigenvalue weighted by Gasteiger charge is -2.15. The maximum atomic E-state index is 5.66. The van der Waals surface area contributed by atoms with Crippen molar-refractivity contribution < 1.29 is 22.5 Å². The van der Waals surface area contributed by atoms with Gasteiger partial charge in [-0.05, 0) is 42.3 Å². The molecule has 2 N–H and O–H groups in total. The Balaban J connectivity index is 0.00000200. The fraction of sp³-hybridized carbons (Fsp3) is 0.400. The normalized spacial score (nSPS) is 15.8. The molecule has 1 aromatic rings. The highest BCUT2D eigenvalue weighted by atomic mass is 35.5. The van der Waals surface area contributed by atoms with Crippen molar-refractivity contribution in [2.24, 2.45) is 0 Å². The van der Waals surface area contributed by atoms with Gasteiger partial charge < -0.3 is 27.4 Å². The second-order valence-electron chi connectivity index (χ2n) is 4.91. The number of aryl methyl sites for hydroxylation is 1. The van der Waals surface area contributed by atoms with Crippen molar-refractivity contribution in [3.05, 3.63) is 29.3 Å². The van der Waals surface area contributed by atoms with Crippen LogP contribution in [0.2, 0.25) is 0 Å². The van der Waals surface area contributed by atoms with Crippen LogP contribution in [0.25, 0.3) is 0 Å². The number of rotatable bonds is 3. The van der Waals surface area contributed by atoms with Crippen LogP contribution >= 0.6 is 12.2 Å². The third-order valence-corrected chi connectivity index (χ3v) is 3.78. The van der Waals surface area contributed by atoms with E-state index in [1.807, 2.05) is 20.2 Å². The number of nitrogens with two attached hydrogens (primary N) is 1. The van der Waals surface area contributed by atoms with E-state index in [1.54, 1.807) is 4.90 Å². The first-order chi connectivity index (χ1) is 9.11. The first-order valence-electron chi connectivity index (χ1n) is 6.40. The third-order valence-electron chi connectivity index (χ3n) is 3.33. The van der Waals surface area contributed by atoms with Gasteiger partial charge in [-0.2, -0.15) is 0 Å². The lowest BCUT2D eigenvalue weighted by Crippen LogP contribution is -3.00. The fourth-order valence-corrected chi connectivity index (χ4v) is 2.42. The summed E-state index contributed by atoms with van der Waals surface area (Å²) in [6, 6.07) is 6.66.